The first-order chi connectivity index (χ1) is 14.9. The molecule has 0 aliphatic heterocycles. The number of benzene rings is 3. The third-order valence-electron chi connectivity index (χ3n) is 4.22. The lowest BCUT2D eigenvalue weighted by molar-refractivity contribution is -0.118. The van der Waals surface area contributed by atoms with Gasteiger partial charge in [-0.25, -0.2) is 0 Å². The van der Waals surface area contributed by atoms with E-state index in [4.69, 9.17) is 20.9 Å². The zero-order chi connectivity index (χ0) is 22.2. The first kappa shape index (κ1) is 21.4. The molecule has 0 radical (unpaired) electrons. The minimum atomic E-state index is -0.507. The van der Waals surface area contributed by atoms with Crippen LogP contribution in [0.1, 0.15) is 27.1 Å². The predicted octanol–water partition coefficient (Wildman–Crippen LogP) is 3.08. The molecule has 0 unspecified atom stereocenters. The maximum Gasteiger partial charge on any atom is 0.255 e. The molecule has 0 atom stereocenters. The summed E-state index contributed by atoms with van der Waals surface area (Å²) in [5.74, 6) is 0.444. The van der Waals surface area contributed by atoms with Crippen LogP contribution >= 0.6 is 0 Å². The summed E-state index contributed by atoms with van der Waals surface area (Å²) in [4.78, 5) is 34.3. The van der Waals surface area contributed by atoms with Crippen LogP contribution < -0.4 is 26.3 Å². The van der Waals surface area contributed by atoms with Crippen LogP contribution in [0, 0.1) is 0 Å². The molecular weight excluding hydrogens is 398 g/mol. The molecule has 8 heteroatoms. The van der Waals surface area contributed by atoms with Gasteiger partial charge in [-0.05, 0) is 72.8 Å². The van der Waals surface area contributed by atoms with Crippen LogP contribution in [0.4, 0.5) is 5.69 Å². The van der Waals surface area contributed by atoms with E-state index in [0.29, 0.717) is 34.1 Å². The fraction of sp³-hybridized carbons (Fsp3) is 0.0870. The van der Waals surface area contributed by atoms with Gasteiger partial charge in [0.15, 0.2) is 0 Å². The van der Waals surface area contributed by atoms with Crippen molar-refractivity contribution in [1.82, 2.24) is 0 Å². The lowest BCUT2D eigenvalue weighted by Gasteiger charge is -2.09. The van der Waals surface area contributed by atoms with E-state index in [-0.39, 0.29) is 18.9 Å². The average Bonchev–Trinajstić information content (AvgIpc) is 2.75. The number of carbonyl (C=O) groups is 3. The number of nitrogens with one attached hydrogen (secondary N) is 1. The molecular formula is C23H21N3O5. The molecule has 31 heavy (non-hydrogen) atoms. The van der Waals surface area contributed by atoms with E-state index < -0.39 is 11.8 Å². The first-order valence-corrected chi connectivity index (χ1v) is 9.41. The molecule has 3 amide bonds. The quantitative estimate of drug-likeness (QED) is 0.490. The maximum absolute atomic E-state index is 12.4. The third-order valence-corrected chi connectivity index (χ3v) is 4.22. The fourth-order valence-corrected chi connectivity index (χ4v) is 2.60. The molecule has 8 nitrogen and oxygen atoms in total. The summed E-state index contributed by atoms with van der Waals surface area (Å²) in [6.07, 6.45) is 0.136. The Kier molecular flexibility index (Phi) is 6.85. The number of anilines is 1. The lowest BCUT2D eigenvalue weighted by atomic mass is 10.2. The minimum absolute atomic E-state index is 0.136. The molecule has 5 N–H and O–H groups in total. The smallest absolute Gasteiger partial charge is 0.255 e. The van der Waals surface area contributed by atoms with Crippen molar-refractivity contribution >= 4 is 23.4 Å². The summed E-state index contributed by atoms with van der Waals surface area (Å²) in [5.41, 5.74) is 11.7. The Bertz CT molecular complexity index is 1060. The number of hydrogen-bond acceptors (Lipinski definition) is 5. The Balaban J connectivity index is 1.55. The molecule has 0 aromatic heterocycles. The molecule has 158 valence electrons. The van der Waals surface area contributed by atoms with Crippen LogP contribution in [0.2, 0.25) is 0 Å². The van der Waals surface area contributed by atoms with Gasteiger partial charge >= 0.3 is 0 Å². The Hall–Kier alpha value is -4.33. The monoisotopic (exact) mass is 419 g/mol. The van der Waals surface area contributed by atoms with E-state index in [1.807, 2.05) is 0 Å². The highest BCUT2D eigenvalue weighted by atomic mass is 16.5. The Morgan fingerprint density at radius 3 is 1.74 bits per heavy atom. The van der Waals surface area contributed by atoms with Gasteiger partial charge in [-0.1, -0.05) is 0 Å². The molecule has 3 rings (SSSR count). The van der Waals surface area contributed by atoms with Crippen molar-refractivity contribution < 1.29 is 23.9 Å². The van der Waals surface area contributed by atoms with E-state index in [1.165, 1.54) is 0 Å². The predicted molar refractivity (Wildman–Crippen MR) is 115 cm³/mol. The summed E-state index contributed by atoms with van der Waals surface area (Å²) in [5, 5.41) is 2.79. The van der Waals surface area contributed by atoms with E-state index >= 15 is 0 Å². The van der Waals surface area contributed by atoms with Crippen molar-refractivity contribution in [3.63, 3.8) is 0 Å². The van der Waals surface area contributed by atoms with Crippen molar-refractivity contribution in [2.75, 3.05) is 11.9 Å². The molecule has 0 aliphatic carbocycles. The molecule has 0 heterocycles. The number of nitrogens with two attached hydrogens (primary N) is 2. The highest BCUT2D eigenvalue weighted by molar-refractivity contribution is 6.04. The number of hydrogen-bond donors (Lipinski definition) is 3. The highest BCUT2D eigenvalue weighted by Gasteiger charge is 2.08. The molecule has 0 saturated carbocycles. The molecule has 3 aromatic rings. The van der Waals surface area contributed by atoms with Crippen molar-refractivity contribution in [2.24, 2.45) is 11.5 Å². The number of primary amides is 2. The molecule has 0 bridgehead atoms. The van der Waals surface area contributed by atoms with Crippen molar-refractivity contribution in [3.05, 3.63) is 83.9 Å². The normalized spacial score (nSPS) is 10.2. The van der Waals surface area contributed by atoms with Crippen LogP contribution in [0.15, 0.2) is 72.8 Å². The Morgan fingerprint density at radius 2 is 1.23 bits per heavy atom. The number of rotatable bonds is 9. The Morgan fingerprint density at radius 1 is 0.710 bits per heavy atom. The average molecular weight is 419 g/mol. The molecule has 0 fully saturated rings. The second-order valence-corrected chi connectivity index (χ2v) is 6.56. The van der Waals surface area contributed by atoms with Gasteiger partial charge in [0.2, 0.25) is 11.8 Å². The van der Waals surface area contributed by atoms with Gasteiger partial charge in [-0.2, -0.15) is 0 Å². The second kappa shape index (κ2) is 9.93. The fourth-order valence-electron chi connectivity index (χ4n) is 2.60. The van der Waals surface area contributed by atoms with Crippen LogP contribution in [-0.4, -0.2) is 24.3 Å². The summed E-state index contributed by atoms with van der Waals surface area (Å²) < 4.78 is 11.1. The molecule has 0 saturated heterocycles. The largest absolute Gasteiger partial charge is 0.493 e. The van der Waals surface area contributed by atoms with Gasteiger partial charge in [0.1, 0.15) is 17.2 Å². The first-order valence-electron chi connectivity index (χ1n) is 9.41. The zero-order valence-corrected chi connectivity index (χ0v) is 16.5. The SMILES string of the molecule is NC(=O)CCOc1ccc(NC(=O)c2ccc(Oc3ccc(C(N)=O)cc3)cc2)cc1. The maximum atomic E-state index is 12.4. The second-order valence-electron chi connectivity index (χ2n) is 6.56. The standard InChI is InChI=1S/C23H21N3O5/c24-21(27)13-14-30-18-11-5-17(6-12-18)26-23(29)16-3-9-20(10-4-16)31-19-7-1-15(2-8-19)22(25)28/h1-12H,13-14H2,(H2,24,27)(H2,25,28)(H,26,29). The topological polar surface area (TPSA) is 134 Å². The van der Waals surface area contributed by atoms with Gasteiger partial charge in [0, 0.05) is 16.8 Å². The zero-order valence-electron chi connectivity index (χ0n) is 16.5. The molecule has 0 spiro atoms. The number of ether oxygens (including phenoxy) is 2. The van der Waals surface area contributed by atoms with E-state index in [9.17, 15) is 14.4 Å². The van der Waals surface area contributed by atoms with Crippen LogP contribution in [0.3, 0.4) is 0 Å². The summed E-state index contributed by atoms with van der Waals surface area (Å²) >= 11 is 0. The van der Waals surface area contributed by atoms with Gasteiger partial charge < -0.3 is 26.3 Å². The van der Waals surface area contributed by atoms with E-state index in [0.717, 1.165) is 0 Å². The summed E-state index contributed by atoms with van der Waals surface area (Å²) in [6, 6.07) is 19.8. The van der Waals surface area contributed by atoms with E-state index in [2.05, 4.69) is 5.32 Å². The molecule has 3 aromatic carbocycles. The lowest BCUT2D eigenvalue weighted by Crippen LogP contribution is -2.14. The molecule has 0 aliphatic rings. The summed E-state index contributed by atoms with van der Waals surface area (Å²) in [6.45, 7) is 0.199. The van der Waals surface area contributed by atoms with Crippen LogP contribution in [0.25, 0.3) is 0 Å². The van der Waals surface area contributed by atoms with Gasteiger partial charge in [-0.15, -0.1) is 0 Å². The highest BCUT2D eigenvalue weighted by Crippen LogP contribution is 2.23. The summed E-state index contributed by atoms with van der Waals surface area (Å²) in [7, 11) is 0. The van der Waals surface area contributed by atoms with Crippen molar-refractivity contribution in [2.45, 2.75) is 6.42 Å². The third kappa shape index (κ3) is 6.33. The number of carbonyl (C=O) groups excluding carboxylic acids is 3. The van der Waals surface area contributed by atoms with Gasteiger partial charge in [0.25, 0.3) is 5.91 Å². The van der Waals surface area contributed by atoms with Gasteiger partial charge in [-0.3, -0.25) is 14.4 Å². The van der Waals surface area contributed by atoms with Crippen LogP contribution in [-0.2, 0) is 4.79 Å². The number of amides is 3. The van der Waals surface area contributed by atoms with Crippen molar-refractivity contribution in [3.8, 4) is 17.2 Å². The van der Waals surface area contributed by atoms with Crippen LogP contribution in [0.5, 0.6) is 17.2 Å². The van der Waals surface area contributed by atoms with Crippen molar-refractivity contribution in [1.29, 1.82) is 0 Å². The van der Waals surface area contributed by atoms with Gasteiger partial charge in [0.05, 0.1) is 13.0 Å². The minimum Gasteiger partial charge on any atom is -0.493 e. The Labute approximate surface area is 178 Å². The van der Waals surface area contributed by atoms with E-state index in [1.54, 1.807) is 72.8 Å².